The van der Waals surface area contributed by atoms with Crippen molar-refractivity contribution in [1.29, 1.82) is 0 Å². The summed E-state index contributed by atoms with van der Waals surface area (Å²) in [4.78, 5) is 8.13. The van der Waals surface area contributed by atoms with Gasteiger partial charge in [0.2, 0.25) is 5.95 Å². The molecule has 0 fully saturated rings. The Kier molecular flexibility index (Phi) is 6.25. The zero-order valence-corrected chi connectivity index (χ0v) is 11.6. The highest BCUT2D eigenvalue weighted by Gasteiger charge is 2.12. The summed E-state index contributed by atoms with van der Waals surface area (Å²) in [5, 5.41) is 3.42. The number of hydrogen-bond donors (Lipinski definition) is 2. The van der Waals surface area contributed by atoms with Gasteiger partial charge in [-0.1, -0.05) is 33.1 Å². The van der Waals surface area contributed by atoms with Crippen molar-refractivity contribution in [1.82, 2.24) is 9.97 Å². The molecule has 3 N–H and O–H groups in total. The molecule has 0 aliphatic heterocycles. The molecule has 0 amide bonds. The van der Waals surface area contributed by atoms with E-state index in [0.29, 0.717) is 17.6 Å². The second kappa shape index (κ2) is 7.74. The fraction of sp³-hybridized carbons (Fsp3) is 0.692. The molecule has 1 heterocycles. The van der Waals surface area contributed by atoms with Crippen molar-refractivity contribution >= 4 is 11.8 Å². The van der Waals surface area contributed by atoms with Crippen molar-refractivity contribution in [2.24, 2.45) is 0 Å². The number of nitrogens with one attached hydrogen (secondary N) is 1. The first-order valence-electron chi connectivity index (χ1n) is 6.64. The van der Waals surface area contributed by atoms with Gasteiger partial charge in [-0.2, -0.15) is 4.98 Å². The van der Waals surface area contributed by atoms with E-state index in [0.717, 1.165) is 19.3 Å². The molecular formula is C13H24N4O. The van der Waals surface area contributed by atoms with E-state index in [1.807, 2.05) is 0 Å². The molecule has 1 aromatic rings. The molecule has 0 aliphatic carbocycles. The molecule has 1 atom stereocenters. The van der Waals surface area contributed by atoms with Crippen LogP contribution >= 0.6 is 0 Å². The van der Waals surface area contributed by atoms with E-state index < -0.39 is 0 Å². The number of aromatic nitrogens is 2. The third-order valence-electron chi connectivity index (χ3n) is 2.88. The van der Waals surface area contributed by atoms with E-state index >= 15 is 0 Å². The SMILES string of the molecule is CCCC[C@H](CCC)Nc1nc(N)ncc1OC. The minimum Gasteiger partial charge on any atom is -0.491 e. The quantitative estimate of drug-likeness (QED) is 0.744. The van der Waals surface area contributed by atoms with E-state index in [4.69, 9.17) is 10.5 Å². The maximum Gasteiger partial charge on any atom is 0.222 e. The van der Waals surface area contributed by atoms with E-state index in [-0.39, 0.29) is 5.95 Å². The van der Waals surface area contributed by atoms with Gasteiger partial charge in [-0.15, -0.1) is 0 Å². The molecule has 5 heteroatoms. The molecule has 1 rings (SSSR count). The molecule has 102 valence electrons. The van der Waals surface area contributed by atoms with Crippen LogP contribution in [0.5, 0.6) is 5.75 Å². The average molecular weight is 252 g/mol. The Labute approximate surface area is 109 Å². The summed E-state index contributed by atoms with van der Waals surface area (Å²) >= 11 is 0. The Morgan fingerprint density at radius 3 is 2.72 bits per heavy atom. The van der Waals surface area contributed by atoms with Crippen LogP contribution in [-0.4, -0.2) is 23.1 Å². The third-order valence-corrected chi connectivity index (χ3v) is 2.88. The molecule has 5 nitrogen and oxygen atoms in total. The Bertz CT molecular complexity index is 357. The molecule has 1 aromatic heterocycles. The zero-order valence-electron chi connectivity index (χ0n) is 11.6. The molecule has 0 saturated heterocycles. The predicted octanol–water partition coefficient (Wildman–Crippen LogP) is 2.84. The highest BCUT2D eigenvalue weighted by atomic mass is 16.5. The van der Waals surface area contributed by atoms with Crippen molar-refractivity contribution in [2.45, 2.75) is 52.0 Å². The Balaban J connectivity index is 2.74. The molecule has 0 spiro atoms. The van der Waals surface area contributed by atoms with Crippen LogP contribution in [0.2, 0.25) is 0 Å². The van der Waals surface area contributed by atoms with Gasteiger partial charge in [0.1, 0.15) is 0 Å². The van der Waals surface area contributed by atoms with Crippen LogP contribution in [0, 0.1) is 0 Å². The highest BCUT2D eigenvalue weighted by Crippen LogP contribution is 2.23. The van der Waals surface area contributed by atoms with E-state index in [2.05, 4.69) is 29.1 Å². The number of hydrogen-bond acceptors (Lipinski definition) is 5. The van der Waals surface area contributed by atoms with Crippen LogP contribution in [0.1, 0.15) is 46.0 Å². The second-order valence-electron chi connectivity index (χ2n) is 4.42. The average Bonchev–Trinajstić information content (AvgIpc) is 2.36. The zero-order chi connectivity index (χ0) is 13.4. The van der Waals surface area contributed by atoms with Gasteiger partial charge in [-0.25, -0.2) is 4.98 Å². The lowest BCUT2D eigenvalue weighted by atomic mass is 10.1. The number of nitrogen functional groups attached to an aromatic ring is 1. The van der Waals surface area contributed by atoms with Crippen molar-refractivity contribution in [3.63, 3.8) is 0 Å². The van der Waals surface area contributed by atoms with Crippen molar-refractivity contribution < 1.29 is 4.74 Å². The summed E-state index contributed by atoms with van der Waals surface area (Å²) in [7, 11) is 1.61. The Morgan fingerprint density at radius 2 is 2.11 bits per heavy atom. The second-order valence-corrected chi connectivity index (χ2v) is 4.42. The van der Waals surface area contributed by atoms with E-state index in [1.165, 1.54) is 12.8 Å². The number of anilines is 2. The van der Waals surface area contributed by atoms with Crippen LogP contribution in [0.4, 0.5) is 11.8 Å². The summed E-state index contributed by atoms with van der Waals surface area (Å²) in [5.74, 6) is 1.60. The predicted molar refractivity (Wildman–Crippen MR) is 74.8 cm³/mol. The van der Waals surface area contributed by atoms with Crippen molar-refractivity contribution in [3.05, 3.63) is 6.20 Å². The lowest BCUT2D eigenvalue weighted by Gasteiger charge is -2.19. The van der Waals surface area contributed by atoms with Gasteiger partial charge < -0.3 is 15.8 Å². The lowest BCUT2D eigenvalue weighted by molar-refractivity contribution is 0.411. The van der Waals surface area contributed by atoms with E-state index in [9.17, 15) is 0 Å². The number of rotatable bonds is 8. The molecule has 0 aliphatic rings. The monoisotopic (exact) mass is 252 g/mol. The van der Waals surface area contributed by atoms with E-state index in [1.54, 1.807) is 13.3 Å². The molecule has 18 heavy (non-hydrogen) atoms. The van der Waals surface area contributed by atoms with Crippen LogP contribution in [0.25, 0.3) is 0 Å². The van der Waals surface area contributed by atoms with Crippen molar-refractivity contribution in [3.8, 4) is 5.75 Å². The molecule has 0 aromatic carbocycles. The minimum absolute atomic E-state index is 0.268. The summed E-state index contributed by atoms with van der Waals surface area (Å²) in [6.07, 6.45) is 7.41. The lowest BCUT2D eigenvalue weighted by Crippen LogP contribution is -2.20. The molecular weight excluding hydrogens is 228 g/mol. The number of ether oxygens (including phenoxy) is 1. The summed E-state index contributed by atoms with van der Waals surface area (Å²) in [6, 6.07) is 0.415. The smallest absolute Gasteiger partial charge is 0.222 e. The first-order valence-corrected chi connectivity index (χ1v) is 6.64. The minimum atomic E-state index is 0.268. The number of unbranched alkanes of at least 4 members (excludes halogenated alkanes) is 1. The van der Waals surface area contributed by atoms with Gasteiger partial charge in [0.15, 0.2) is 11.6 Å². The third kappa shape index (κ3) is 4.39. The molecule has 0 saturated carbocycles. The largest absolute Gasteiger partial charge is 0.491 e. The summed E-state index contributed by atoms with van der Waals surface area (Å²) in [6.45, 7) is 4.39. The standard InChI is InChI=1S/C13H24N4O/c1-4-6-8-10(7-5-2)16-12-11(18-3)9-15-13(14)17-12/h9-10H,4-8H2,1-3H3,(H3,14,15,16,17)/t10-/m0/s1. The Hall–Kier alpha value is -1.52. The summed E-state index contributed by atoms with van der Waals surface area (Å²) in [5.41, 5.74) is 5.61. The van der Waals surface area contributed by atoms with Gasteiger partial charge >= 0.3 is 0 Å². The topological polar surface area (TPSA) is 73.1 Å². The summed E-state index contributed by atoms with van der Waals surface area (Å²) < 4.78 is 5.24. The van der Waals surface area contributed by atoms with Gasteiger partial charge in [0.25, 0.3) is 0 Å². The Morgan fingerprint density at radius 1 is 1.33 bits per heavy atom. The first kappa shape index (κ1) is 14.5. The molecule has 0 bridgehead atoms. The van der Waals surface area contributed by atoms with Crippen LogP contribution in [-0.2, 0) is 0 Å². The van der Waals surface area contributed by atoms with Gasteiger partial charge in [0.05, 0.1) is 13.3 Å². The normalized spacial score (nSPS) is 12.2. The number of methoxy groups -OCH3 is 1. The van der Waals surface area contributed by atoms with Gasteiger partial charge in [-0.3, -0.25) is 0 Å². The molecule has 0 radical (unpaired) electrons. The maximum absolute atomic E-state index is 5.61. The van der Waals surface area contributed by atoms with Gasteiger partial charge in [-0.05, 0) is 12.8 Å². The molecule has 0 unspecified atom stereocenters. The van der Waals surface area contributed by atoms with Crippen LogP contribution in [0.3, 0.4) is 0 Å². The maximum atomic E-state index is 5.61. The fourth-order valence-electron chi connectivity index (χ4n) is 1.92. The van der Waals surface area contributed by atoms with Crippen molar-refractivity contribution in [2.75, 3.05) is 18.2 Å². The highest BCUT2D eigenvalue weighted by molar-refractivity contribution is 5.51. The number of nitrogens with zero attached hydrogens (tertiary/aromatic N) is 2. The van der Waals surface area contributed by atoms with Crippen LogP contribution in [0.15, 0.2) is 6.20 Å². The van der Waals surface area contributed by atoms with Gasteiger partial charge in [0, 0.05) is 6.04 Å². The first-order chi connectivity index (χ1) is 8.71. The number of nitrogens with two attached hydrogens (primary N) is 1. The fourth-order valence-corrected chi connectivity index (χ4v) is 1.92. The van der Waals surface area contributed by atoms with Crippen LogP contribution < -0.4 is 15.8 Å².